The molecule has 1 aromatic heterocycles. The van der Waals surface area contributed by atoms with Crippen LogP contribution in [0.3, 0.4) is 0 Å². The van der Waals surface area contributed by atoms with Crippen molar-refractivity contribution < 1.29 is 4.92 Å². The Hall–Kier alpha value is -1.42. The van der Waals surface area contributed by atoms with Crippen molar-refractivity contribution in [1.82, 2.24) is 4.98 Å². The minimum atomic E-state index is -0.549. The Balaban J connectivity index is 3.17. The zero-order chi connectivity index (χ0) is 8.97. The standard InChI is InChI=1S/C7H5ClN2O2/c8-4-3-6-2-1-5-9-7(6)10(11)12/h1-5H. The lowest BCUT2D eigenvalue weighted by Crippen LogP contribution is -1.93. The Morgan fingerprint density at radius 2 is 2.42 bits per heavy atom. The van der Waals surface area contributed by atoms with Crippen LogP contribution in [0.5, 0.6) is 0 Å². The second kappa shape index (κ2) is 3.82. The third-order valence-corrected chi connectivity index (χ3v) is 1.36. The van der Waals surface area contributed by atoms with Gasteiger partial charge in [0.15, 0.2) is 0 Å². The van der Waals surface area contributed by atoms with Crippen molar-refractivity contribution in [3.8, 4) is 0 Å². The molecular weight excluding hydrogens is 180 g/mol. The highest BCUT2D eigenvalue weighted by atomic mass is 35.5. The summed E-state index contributed by atoms with van der Waals surface area (Å²) in [6, 6.07) is 3.18. The average Bonchev–Trinajstić information content (AvgIpc) is 2.05. The second-order valence-electron chi connectivity index (χ2n) is 1.97. The van der Waals surface area contributed by atoms with E-state index in [0.717, 1.165) is 0 Å². The van der Waals surface area contributed by atoms with Gasteiger partial charge in [0.1, 0.15) is 6.20 Å². The number of nitrogens with zero attached hydrogens (tertiary/aromatic N) is 2. The Bertz CT molecular complexity index is 325. The van der Waals surface area contributed by atoms with Crippen molar-refractivity contribution in [2.24, 2.45) is 0 Å². The molecule has 0 aromatic carbocycles. The first-order chi connectivity index (χ1) is 5.75. The van der Waals surface area contributed by atoms with Crippen LogP contribution in [0.15, 0.2) is 23.9 Å². The number of aromatic nitrogens is 1. The van der Waals surface area contributed by atoms with E-state index in [1.807, 2.05) is 0 Å². The normalized spacial score (nSPS) is 10.4. The first kappa shape index (κ1) is 8.67. The fraction of sp³-hybridized carbons (Fsp3) is 0. The highest BCUT2D eigenvalue weighted by molar-refractivity contribution is 6.27. The van der Waals surface area contributed by atoms with Crippen LogP contribution in [-0.2, 0) is 0 Å². The van der Waals surface area contributed by atoms with Crippen LogP contribution in [0.4, 0.5) is 5.82 Å². The van der Waals surface area contributed by atoms with E-state index in [0.29, 0.717) is 5.56 Å². The molecule has 4 nitrogen and oxygen atoms in total. The molecule has 62 valence electrons. The van der Waals surface area contributed by atoms with Gasteiger partial charge >= 0.3 is 5.82 Å². The van der Waals surface area contributed by atoms with Gasteiger partial charge in [0.05, 0.1) is 5.56 Å². The highest BCUT2D eigenvalue weighted by Gasteiger charge is 2.10. The Morgan fingerprint density at radius 3 is 3.00 bits per heavy atom. The Kier molecular flexibility index (Phi) is 2.76. The van der Waals surface area contributed by atoms with Gasteiger partial charge in [0.25, 0.3) is 0 Å². The number of nitro groups is 1. The van der Waals surface area contributed by atoms with E-state index >= 15 is 0 Å². The molecule has 1 aromatic rings. The third-order valence-electron chi connectivity index (χ3n) is 1.23. The van der Waals surface area contributed by atoms with Crippen LogP contribution >= 0.6 is 11.6 Å². The summed E-state index contributed by atoms with van der Waals surface area (Å²) < 4.78 is 0. The van der Waals surface area contributed by atoms with Crippen LogP contribution in [0.1, 0.15) is 5.56 Å². The lowest BCUT2D eigenvalue weighted by atomic mass is 10.2. The number of rotatable bonds is 2. The molecule has 0 saturated carbocycles. The van der Waals surface area contributed by atoms with E-state index in [9.17, 15) is 10.1 Å². The van der Waals surface area contributed by atoms with Crippen LogP contribution in [0.2, 0.25) is 0 Å². The molecule has 0 bridgehead atoms. The molecule has 0 radical (unpaired) electrons. The molecule has 0 atom stereocenters. The summed E-state index contributed by atoms with van der Waals surface area (Å²) >= 11 is 5.28. The van der Waals surface area contributed by atoms with Gasteiger partial charge in [-0.25, -0.2) is 0 Å². The maximum Gasteiger partial charge on any atom is 0.370 e. The molecule has 0 aliphatic rings. The molecule has 0 N–H and O–H groups in total. The largest absolute Gasteiger partial charge is 0.370 e. The maximum absolute atomic E-state index is 10.4. The van der Waals surface area contributed by atoms with Gasteiger partial charge in [-0.15, -0.1) is 0 Å². The number of hydrogen-bond donors (Lipinski definition) is 0. The van der Waals surface area contributed by atoms with Gasteiger partial charge < -0.3 is 10.1 Å². The summed E-state index contributed by atoms with van der Waals surface area (Å²) in [5, 5.41) is 10.4. The van der Waals surface area contributed by atoms with Crippen LogP contribution in [-0.4, -0.2) is 9.91 Å². The van der Waals surface area contributed by atoms with Gasteiger partial charge in [-0.1, -0.05) is 11.6 Å². The van der Waals surface area contributed by atoms with Crippen LogP contribution < -0.4 is 0 Å². The first-order valence-electron chi connectivity index (χ1n) is 3.12. The predicted octanol–water partition coefficient (Wildman–Crippen LogP) is 2.20. The van der Waals surface area contributed by atoms with Crippen molar-refractivity contribution in [2.75, 3.05) is 0 Å². The molecule has 0 unspecified atom stereocenters. The molecule has 12 heavy (non-hydrogen) atoms. The van der Waals surface area contributed by atoms with Gasteiger partial charge in [-0.2, -0.15) is 0 Å². The smallest absolute Gasteiger partial charge is 0.358 e. The SMILES string of the molecule is O=[N+]([O-])c1ncccc1C=CCl. The lowest BCUT2D eigenvalue weighted by molar-refractivity contribution is -0.389. The summed E-state index contributed by atoms with van der Waals surface area (Å²) in [5.41, 5.74) is 1.61. The second-order valence-corrected chi connectivity index (χ2v) is 2.22. The van der Waals surface area contributed by atoms with Crippen molar-refractivity contribution in [1.29, 1.82) is 0 Å². The monoisotopic (exact) mass is 184 g/mol. The van der Waals surface area contributed by atoms with Crippen molar-refractivity contribution in [2.45, 2.75) is 0 Å². The summed E-state index contributed by atoms with van der Waals surface area (Å²) in [5.74, 6) is -0.186. The molecule has 0 fully saturated rings. The molecular formula is C7H5ClN2O2. The maximum atomic E-state index is 10.4. The van der Waals surface area contributed by atoms with Crippen LogP contribution in [0.25, 0.3) is 6.08 Å². The number of pyridine rings is 1. The summed E-state index contributed by atoms with van der Waals surface area (Å²) in [6.45, 7) is 0. The van der Waals surface area contributed by atoms with Gasteiger partial charge in [0.2, 0.25) is 0 Å². The minimum Gasteiger partial charge on any atom is -0.358 e. The highest BCUT2D eigenvalue weighted by Crippen LogP contribution is 2.15. The van der Waals surface area contributed by atoms with E-state index in [4.69, 9.17) is 11.6 Å². The van der Waals surface area contributed by atoms with Gasteiger partial charge in [0, 0.05) is 5.54 Å². The minimum absolute atomic E-state index is 0.186. The predicted molar refractivity (Wildman–Crippen MR) is 45.8 cm³/mol. The van der Waals surface area contributed by atoms with Gasteiger partial charge in [-0.05, 0) is 28.1 Å². The van der Waals surface area contributed by atoms with Crippen molar-refractivity contribution >= 4 is 23.5 Å². The number of halogens is 1. The average molecular weight is 185 g/mol. The van der Waals surface area contributed by atoms with E-state index in [2.05, 4.69) is 4.98 Å². The molecule has 0 aliphatic carbocycles. The Morgan fingerprint density at radius 1 is 1.67 bits per heavy atom. The number of hydrogen-bond acceptors (Lipinski definition) is 3. The molecule has 0 amide bonds. The molecule has 1 heterocycles. The van der Waals surface area contributed by atoms with E-state index < -0.39 is 4.92 Å². The summed E-state index contributed by atoms with van der Waals surface area (Å²) in [4.78, 5) is 13.4. The van der Waals surface area contributed by atoms with E-state index in [1.54, 1.807) is 12.1 Å². The first-order valence-corrected chi connectivity index (χ1v) is 3.55. The van der Waals surface area contributed by atoms with Crippen molar-refractivity contribution in [3.05, 3.63) is 39.5 Å². The third kappa shape index (κ3) is 1.79. The zero-order valence-electron chi connectivity index (χ0n) is 5.98. The molecule has 0 spiro atoms. The Labute approximate surface area is 73.6 Å². The fourth-order valence-electron chi connectivity index (χ4n) is 0.760. The zero-order valence-corrected chi connectivity index (χ0v) is 6.73. The van der Waals surface area contributed by atoms with Crippen molar-refractivity contribution in [3.63, 3.8) is 0 Å². The molecule has 0 saturated heterocycles. The molecule has 1 rings (SSSR count). The van der Waals surface area contributed by atoms with Crippen LogP contribution in [0, 0.1) is 10.1 Å². The van der Waals surface area contributed by atoms with E-state index in [-0.39, 0.29) is 5.82 Å². The van der Waals surface area contributed by atoms with E-state index in [1.165, 1.54) is 17.8 Å². The molecule has 5 heteroatoms. The quantitative estimate of drug-likeness (QED) is 0.523. The lowest BCUT2D eigenvalue weighted by Gasteiger charge is -1.94. The molecule has 0 aliphatic heterocycles. The summed E-state index contributed by atoms with van der Waals surface area (Å²) in [6.07, 6.45) is 2.79. The topological polar surface area (TPSA) is 56.0 Å². The fourth-order valence-corrected chi connectivity index (χ4v) is 0.896. The summed E-state index contributed by atoms with van der Waals surface area (Å²) in [7, 11) is 0. The van der Waals surface area contributed by atoms with Gasteiger partial charge in [-0.3, -0.25) is 0 Å².